The minimum atomic E-state index is 0. The molecule has 0 bridgehead atoms. The van der Waals surface area contributed by atoms with Crippen LogP contribution in [-0.4, -0.2) is 9.97 Å². The highest BCUT2D eigenvalue weighted by Gasteiger charge is 1.88. The predicted molar refractivity (Wildman–Crippen MR) is 78.8 cm³/mol. The maximum Gasteiger partial charge on any atom is 0.137 e. The molecule has 2 aromatic rings. The largest absolute Gasteiger partial charge is 0.346 e. The Morgan fingerprint density at radius 2 is 1.80 bits per heavy atom. The first-order valence-electron chi connectivity index (χ1n) is 5.26. The molecule has 0 radical (unpaired) electrons. The van der Waals surface area contributed by atoms with Crippen molar-refractivity contribution in [2.24, 2.45) is 0 Å². The summed E-state index contributed by atoms with van der Waals surface area (Å²) in [5, 5.41) is 1.16. The summed E-state index contributed by atoms with van der Waals surface area (Å²) < 4.78 is 0. The first-order chi connectivity index (χ1) is 6.88. The van der Waals surface area contributed by atoms with Crippen molar-refractivity contribution in [2.75, 3.05) is 0 Å². The molecule has 0 unspecified atom stereocenters. The van der Waals surface area contributed by atoms with E-state index in [1.807, 2.05) is 38.2 Å². The van der Waals surface area contributed by atoms with Crippen molar-refractivity contribution in [1.82, 2.24) is 9.97 Å². The van der Waals surface area contributed by atoms with E-state index in [-0.39, 0.29) is 24.0 Å². The Morgan fingerprint density at radius 1 is 1.20 bits per heavy atom. The van der Waals surface area contributed by atoms with Gasteiger partial charge in [0.25, 0.3) is 0 Å². The Morgan fingerprint density at radius 3 is 2.33 bits per heavy atom. The third kappa shape index (κ3) is 6.49. The van der Waals surface area contributed by atoms with Crippen LogP contribution in [0.5, 0.6) is 0 Å². The van der Waals surface area contributed by atoms with Crippen molar-refractivity contribution in [3.05, 3.63) is 30.6 Å². The Kier molecular flexibility index (Phi) is 12.9. The molecule has 3 heteroatoms. The number of nitrogens with zero attached hydrogens (tertiary/aromatic N) is 1. The van der Waals surface area contributed by atoms with Gasteiger partial charge >= 0.3 is 0 Å². The molecule has 0 saturated carbocycles. The molecule has 0 atom stereocenters. The summed E-state index contributed by atoms with van der Waals surface area (Å²) in [6.07, 6.45) is 4.91. The fraction of sp³-hybridized carbons (Fsp3) is 0.417. The Hall–Kier alpha value is -0.580. The molecule has 0 aliphatic heterocycles. The van der Waals surface area contributed by atoms with Crippen molar-refractivity contribution in [2.45, 2.75) is 34.1 Å². The molecule has 2 aromatic heterocycles. The highest BCUT2D eigenvalue weighted by atomic mass is 127. The van der Waals surface area contributed by atoms with Crippen LogP contribution >= 0.6 is 24.0 Å². The molecule has 2 nitrogen and oxygen atoms in total. The molecule has 2 rings (SSSR count). The van der Waals surface area contributed by atoms with E-state index < -0.39 is 0 Å². The zero-order valence-corrected chi connectivity index (χ0v) is 12.3. The lowest BCUT2D eigenvalue weighted by Crippen LogP contribution is -1.70. The SMILES string of the molecule is CC.CCC.I.c1cnc2[nH]ccc2c1. The van der Waals surface area contributed by atoms with Crippen molar-refractivity contribution in [3.63, 3.8) is 0 Å². The summed E-state index contributed by atoms with van der Waals surface area (Å²) in [6, 6.07) is 5.96. The van der Waals surface area contributed by atoms with E-state index in [9.17, 15) is 0 Å². The van der Waals surface area contributed by atoms with Crippen molar-refractivity contribution in [1.29, 1.82) is 0 Å². The van der Waals surface area contributed by atoms with Gasteiger partial charge in [-0.25, -0.2) is 4.98 Å². The third-order valence-electron chi connectivity index (χ3n) is 1.32. The number of hydrogen-bond acceptors (Lipinski definition) is 1. The number of hydrogen-bond donors (Lipinski definition) is 1. The van der Waals surface area contributed by atoms with Crippen LogP contribution in [0.3, 0.4) is 0 Å². The topological polar surface area (TPSA) is 28.7 Å². The summed E-state index contributed by atoms with van der Waals surface area (Å²) in [5.74, 6) is 0. The maximum atomic E-state index is 4.09. The molecule has 0 fully saturated rings. The summed E-state index contributed by atoms with van der Waals surface area (Å²) in [7, 11) is 0. The Balaban J connectivity index is 0. The summed E-state index contributed by atoms with van der Waals surface area (Å²) in [5.41, 5.74) is 0.956. The third-order valence-corrected chi connectivity index (χ3v) is 1.32. The van der Waals surface area contributed by atoms with Crippen molar-refractivity contribution < 1.29 is 0 Å². The van der Waals surface area contributed by atoms with Gasteiger partial charge in [-0.1, -0.05) is 34.1 Å². The standard InChI is InChI=1S/C7H6N2.C3H8.C2H6.HI/c1-2-6-3-5-9-7(6)8-4-1;1-3-2;1-2;/h1-5H,(H,8,9);3H2,1-2H3;1-2H3;1H. The second-order valence-corrected chi connectivity index (χ2v) is 2.63. The molecule has 2 heterocycles. The number of aromatic amines is 1. The zero-order valence-electron chi connectivity index (χ0n) is 9.95. The van der Waals surface area contributed by atoms with Gasteiger partial charge in [-0.15, -0.1) is 24.0 Å². The average molecular weight is 320 g/mol. The van der Waals surface area contributed by atoms with Gasteiger partial charge in [0.05, 0.1) is 0 Å². The van der Waals surface area contributed by atoms with Crippen molar-refractivity contribution in [3.8, 4) is 0 Å². The van der Waals surface area contributed by atoms with E-state index >= 15 is 0 Å². The average Bonchev–Trinajstić information content (AvgIpc) is 2.69. The van der Waals surface area contributed by atoms with Crippen molar-refractivity contribution >= 4 is 35.0 Å². The predicted octanol–water partition coefficient (Wildman–Crippen LogP) is 4.62. The molecule has 0 spiro atoms. The zero-order chi connectivity index (χ0) is 10.8. The van der Waals surface area contributed by atoms with Gasteiger partial charge in [-0.2, -0.15) is 0 Å². The monoisotopic (exact) mass is 320 g/mol. The Labute approximate surface area is 110 Å². The van der Waals surface area contributed by atoms with Gasteiger partial charge in [0.2, 0.25) is 0 Å². The summed E-state index contributed by atoms with van der Waals surface area (Å²) in [4.78, 5) is 7.09. The van der Waals surface area contributed by atoms with E-state index in [4.69, 9.17) is 0 Å². The van der Waals surface area contributed by atoms with E-state index in [1.54, 1.807) is 6.20 Å². The van der Waals surface area contributed by atoms with Crippen LogP contribution in [0.2, 0.25) is 0 Å². The molecule has 0 amide bonds. The maximum absolute atomic E-state index is 4.09. The number of aromatic nitrogens is 2. The summed E-state index contributed by atoms with van der Waals surface area (Å²) in [6.45, 7) is 8.25. The first-order valence-corrected chi connectivity index (χ1v) is 5.26. The van der Waals surface area contributed by atoms with Crippen LogP contribution in [0.15, 0.2) is 30.6 Å². The molecule has 0 aliphatic carbocycles. The lowest BCUT2D eigenvalue weighted by Gasteiger charge is -1.82. The number of halogens is 1. The molecule has 15 heavy (non-hydrogen) atoms. The highest BCUT2D eigenvalue weighted by molar-refractivity contribution is 14.0. The van der Waals surface area contributed by atoms with Gasteiger partial charge in [-0.3, -0.25) is 0 Å². The number of H-pyrrole nitrogens is 1. The number of rotatable bonds is 0. The summed E-state index contributed by atoms with van der Waals surface area (Å²) >= 11 is 0. The smallest absolute Gasteiger partial charge is 0.137 e. The quantitative estimate of drug-likeness (QED) is 0.705. The van der Waals surface area contributed by atoms with Crippen LogP contribution in [0.25, 0.3) is 11.0 Å². The number of fused-ring (bicyclic) bond motifs is 1. The fourth-order valence-corrected chi connectivity index (χ4v) is 0.883. The molecule has 1 N–H and O–H groups in total. The number of pyridine rings is 1. The van der Waals surface area contributed by atoms with Crippen LogP contribution in [0.4, 0.5) is 0 Å². The molecular formula is C12H21IN2. The first kappa shape index (κ1) is 16.8. The normalized spacial score (nSPS) is 7.73. The minimum Gasteiger partial charge on any atom is -0.346 e. The van der Waals surface area contributed by atoms with E-state index in [0.717, 1.165) is 11.0 Å². The van der Waals surface area contributed by atoms with E-state index in [1.165, 1.54) is 6.42 Å². The number of nitrogens with one attached hydrogen (secondary N) is 1. The van der Waals surface area contributed by atoms with Gasteiger partial charge < -0.3 is 4.98 Å². The van der Waals surface area contributed by atoms with E-state index in [0.29, 0.717) is 0 Å². The van der Waals surface area contributed by atoms with Gasteiger partial charge in [-0.05, 0) is 18.2 Å². The molecule has 0 aromatic carbocycles. The Bertz CT molecular complexity index is 301. The van der Waals surface area contributed by atoms with Gasteiger partial charge in [0.15, 0.2) is 0 Å². The molecular weight excluding hydrogens is 299 g/mol. The highest BCUT2D eigenvalue weighted by Crippen LogP contribution is 2.05. The minimum absolute atomic E-state index is 0. The van der Waals surface area contributed by atoms with Crippen LogP contribution < -0.4 is 0 Å². The molecule has 0 saturated heterocycles. The second kappa shape index (κ2) is 11.5. The molecule has 86 valence electrons. The fourth-order valence-electron chi connectivity index (χ4n) is 0.883. The van der Waals surface area contributed by atoms with Crippen LogP contribution in [0, 0.1) is 0 Å². The second-order valence-electron chi connectivity index (χ2n) is 2.63. The van der Waals surface area contributed by atoms with Crippen LogP contribution in [-0.2, 0) is 0 Å². The van der Waals surface area contributed by atoms with Crippen LogP contribution in [0.1, 0.15) is 34.1 Å². The van der Waals surface area contributed by atoms with Gasteiger partial charge in [0.1, 0.15) is 5.65 Å². The lowest BCUT2D eigenvalue weighted by molar-refractivity contribution is 1.09. The van der Waals surface area contributed by atoms with E-state index in [2.05, 4.69) is 23.8 Å². The lowest BCUT2D eigenvalue weighted by atomic mass is 10.3. The molecule has 0 aliphatic rings. The van der Waals surface area contributed by atoms with Gasteiger partial charge in [0, 0.05) is 17.8 Å².